The first-order chi connectivity index (χ1) is 7.66. The zero-order valence-corrected chi connectivity index (χ0v) is 10.9. The first kappa shape index (κ1) is 12.4. The smallest absolute Gasteiger partial charge is 0.0700 e. The minimum Gasteiger partial charge on any atom is -0.377 e. The third kappa shape index (κ3) is 3.74. The van der Waals surface area contributed by atoms with E-state index in [4.69, 9.17) is 4.74 Å². The van der Waals surface area contributed by atoms with Crippen molar-refractivity contribution < 1.29 is 4.74 Å². The molecule has 1 saturated heterocycles. The van der Waals surface area contributed by atoms with Crippen molar-refractivity contribution in [2.75, 3.05) is 13.2 Å². The molecule has 0 spiro atoms. The van der Waals surface area contributed by atoms with E-state index in [9.17, 15) is 0 Å². The third-order valence-corrected chi connectivity index (χ3v) is 4.23. The Labute approximate surface area is 100 Å². The summed E-state index contributed by atoms with van der Waals surface area (Å²) >= 11 is 0. The van der Waals surface area contributed by atoms with E-state index in [1.807, 2.05) is 0 Å². The molecule has 1 N–H and O–H groups in total. The molecule has 2 aliphatic rings. The van der Waals surface area contributed by atoms with Gasteiger partial charge in [-0.25, -0.2) is 0 Å². The van der Waals surface area contributed by atoms with Gasteiger partial charge in [0.05, 0.1) is 6.10 Å². The van der Waals surface area contributed by atoms with Gasteiger partial charge in [-0.05, 0) is 43.9 Å². The number of ether oxygens (including phenoxy) is 1. The van der Waals surface area contributed by atoms with Crippen molar-refractivity contribution in [2.45, 2.75) is 70.9 Å². The molecule has 2 nitrogen and oxygen atoms in total. The SMILES string of the molecule is CC1(C)CCCC(NCC2CCCO2)CC1. The summed E-state index contributed by atoms with van der Waals surface area (Å²) in [5.74, 6) is 0. The number of hydrogen-bond donors (Lipinski definition) is 1. The predicted molar refractivity (Wildman–Crippen MR) is 67.6 cm³/mol. The molecule has 2 atom stereocenters. The van der Waals surface area contributed by atoms with Gasteiger partial charge in [0, 0.05) is 19.2 Å². The monoisotopic (exact) mass is 225 g/mol. The molecule has 2 fully saturated rings. The van der Waals surface area contributed by atoms with Crippen molar-refractivity contribution in [3.05, 3.63) is 0 Å². The second-order valence-electron chi connectivity index (χ2n) is 6.34. The largest absolute Gasteiger partial charge is 0.377 e. The number of rotatable bonds is 3. The lowest BCUT2D eigenvalue weighted by Gasteiger charge is -2.22. The summed E-state index contributed by atoms with van der Waals surface area (Å²) in [7, 11) is 0. The van der Waals surface area contributed by atoms with Crippen LogP contribution in [0.1, 0.15) is 58.8 Å². The molecule has 0 radical (unpaired) electrons. The molecule has 2 rings (SSSR count). The van der Waals surface area contributed by atoms with Gasteiger partial charge >= 0.3 is 0 Å². The lowest BCUT2D eigenvalue weighted by Crippen LogP contribution is -2.35. The topological polar surface area (TPSA) is 21.3 Å². The predicted octanol–water partition coefficient (Wildman–Crippen LogP) is 3.11. The van der Waals surface area contributed by atoms with Crippen LogP contribution in [0.25, 0.3) is 0 Å². The molecule has 2 unspecified atom stereocenters. The molecule has 2 heteroatoms. The summed E-state index contributed by atoms with van der Waals surface area (Å²) < 4.78 is 5.65. The van der Waals surface area contributed by atoms with Crippen LogP contribution in [0.3, 0.4) is 0 Å². The highest BCUT2D eigenvalue weighted by Gasteiger charge is 2.25. The molecular weight excluding hydrogens is 198 g/mol. The molecule has 1 aliphatic carbocycles. The van der Waals surface area contributed by atoms with Crippen LogP contribution in [0.4, 0.5) is 0 Å². The summed E-state index contributed by atoms with van der Waals surface area (Å²) in [6, 6.07) is 0.742. The van der Waals surface area contributed by atoms with Gasteiger partial charge in [-0.15, -0.1) is 0 Å². The van der Waals surface area contributed by atoms with Gasteiger partial charge in [0.1, 0.15) is 0 Å². The highest BCUT2D eigenvalue weighted by atomic mass is 16.5. The van der Waals surface area contributed by atoms with Crippen LogP contribution in [0.5, 0.6) is 0 Å². The fourth-order valence-electron chi connectivity index (χ4n) is 2.97. The third-order valence-electron chi connectivity index (χ3n) is 4.23. The Balaban J connectivity index is 1.69. The van der Waals surface area contributed by atoms with Crippen LogP contribution >= 0.6 is 0 Å². The van der Waals surface area contributed by atoms with Gasteiger partial charge < -0.3 is 10.1 Å². The molecule has 16 heavy (non-hydrogen) atoms. The Hall–Kier alpha value is -0.0800. The van der Waals surface area contributed by atoms with Crippen molar-refractivity contribution in [1.82, 2.24) is 5.32 Å². The lowest BCUT2D eigenvalue weighted by atomic mass is 9.85. The van der Waals surface area contributed by atoms with Gasteiger partial charge in [0.2, 0.25) is 0 Å². The molecule has 0 bridgehead atoms. The van der Waals surface area contributed by atoms with Crippen molar-refractivity contribution in [1.29, 1.82) is 0 Å². The van der Waals surface area contributed by atoms with Crippen LogP contribution in [-0.2, 0) is 4.74 Å². The van der Waals surface area contributed by atoms with E-state index < -0.39 is 0 Å². The highest BCUT2D eigenvalue weighted by Crippen LogP contribution is 2.33. The molecule has 1 saturated carbocycles. The highest BCUT2D eigenvalue weighted by molar-refractivity contribution is 4.80. The van der Waals surface area contributed by atoms with Gasteiger partial charge in [0.15, 0.2) is 0 Å². The molecule has 0 amide bonds. The Kier molecular flexibility index (Phi) is 4.26. The van der Waals surface area contributed by atoms with Crippen molar-refractivity contribution in [3.63, 3.8) is 0 Å². The minimum atomic E-state index is 0.497. The van der Waals surface area contributed by atoms with Crippen molar-refractivity contribution in [2.24, 2.45) is 5.41 Å². The zero-order chi connectivity index (χ0) is 11.4. The molecule has 0 aromatic rings. The van der Waals surface area contributed by atoms with Gasteiger partial charge in [-0.2, -0.15) is 0 Å². The first-order valence-electron chi connectivity index (χ1n) is 7.01. The van der Waals surface area contributed by atoms with Crippen LogP contribution < -0.4 is 5.32 Å². The molecule has 94 valence electrons. The summed E-state index contributed by atoms with van der Waals surface area (Å²) in [4.78, 5) is 0. The maximum atomic E-state index is 5.65. The second-order valence-corrected chi connectivity index (χ2v) is 6.34. The average molecular weight is 225 g/mol. The summed E-state index contributed by atoms with van der Waals surface area (Å²) in [6.07, 6.45) is 9.86. The lowest BCUT2D eigenvalue weighted by molar-refractivity contribution is 0.106. The fourth-order valence-corrected chi connectivity index (χ4v) is 2.97. The Morgan fingerprint density at radius 2 is 2.00 bits per heavy atom. The van der Waals surface area contributed by atoms with Crippen LogP contribution in [0.2, 0.25) is 0 Å². The summed E-state index contributed by atoms with van der Waals surface area (Å²) in [5.41, 5.74) is 0.570. The van der Waals surface area contributed by atoms with E-state index in [0.29, 0.717) is 11.5 Å². The molecular formula is C14H27NO. The normalized spacial score (nSPS) is 34.9. The van der Waals surface area contributed by atoms with E-state index >= 15 is 0 Å². The van der Waals surface area contributed by atoms with E-state index in [2.05, 4.69) is 19.2 Å². The standard InChI is InChI=1S/C14H27NO/c1-14(2)8-3-5-12(7-9-14)15-11-13-6-4-10-16-13/h12-13,15H,3-11H2,1-2H3. The van der Waals surface area contributed by atoms with Crippen LogP contribution in [0.15, 0.2) is 0 Å². The quantitative estimate of drug-likeness (QED) is 0.745. The number of hydrogen-bond acceptors (Lipinski definition) is 2. The average Bonchev–Trinajstić information content (AvgIpc) is 2.68. The zero-order valence-electron chi connectivity index (χ0n) is 10.9. The van der Waals surface area contributed by atoms with Gasteiger partial charge in [-0.3, -0.25) is 0 Å². The first-order valence-corrected chi connectivity index (χ1v) is 7.01. The van der Waals surface area contributed by atoms with E-state index in [-0.39, 0.29) is 0 Å². The van der Waals surface area contributed by atoms with Gasteiger partial charge in [-0.1, -0.05) is 20.3 Å². The maximum absolute atomic E-state index is 5.65. The van der Waals surface area contributed by atoms with Crippen molar-refractivity contribution >= 4 is 0 Å². The van der Waals surface area contributed by atoms with E-state index in [0.717, 1.165) is 19.2 Å². The van der Waals surface area contributed by atoms with E-state index in [1.165, 1.54) is 44.9 Å². The molecule has 1 aliphatic heterocycles. The minimum absolute atomic E-state index is 0.497. The van der Waals surface area contributed by atoms with Gasteiger partial charge in [0.25, 0.3) is 0 Å². The fraction of sp³-hybridized carbons (Fsp3) is 1.00. The molecule has 1 heterocycles. The maximum Gasteiger partial charge on any atom is 0.0700 e. The van der Waals surface area contributed by atoms with E-state index in [1.54, 1.807) is 0 Å². The summed E-state index contributed by atoms with van der Waals surface area (Å²) in [5, 5.41) is 3.72. The second kappa shape index (κ2) is 5.50. The molecule has 0 aromatic carbocycles. The Bertz CT molecular complexity index is 209. The van der Waals surface area contributed by atoms with Crippen molar-refractivity contribution in [3.8, 4) is 0 Å². The number of nitrogens with one attached hydrogen (secondary N) is 1. The Morgan fingerprint density at radius 3 is 2.75 bits per heavy atom. The van der Waals surface area contributed by atoms with Crippen LogP contribution in [0, 0.1) is 5.41 Å². The van der Waals surface area contributed by atoms with Crippen LogP contribution in [-0.4, -0.2) is 25.3 Å². The molecule has 0 aromatic heterocycles. The summed E-state index contributed by atoms with van der Waals surface area (Å²) in [6.45, 7) is 6.88. The Morgan fingerprint density at radius 1 is 1.12 bits per heavy atom.